The van der Waals surface area contributed by atoms with E-state index in [0.717, 1.165) is 126 Å². The molecule has 37 heteroatoms. The summed E-state index contributed by atoms with van der Waals surface area (Å²) in [5.74, 6) is 3.73. The number of hydrogen-bond acceptors (Lipinski definition) is 20. The molecule has 2 aliphatic carbocycles. The number of aliphatic hydroxyl groups excluding tert-OH is 1. The average Bonchev–Trinajstić information content (AvgIpc) is 1.59. The molecule has 15 aromatic rings. The molecule has 0 radical (unpaired) electrons. The second kappa shape index (κ2) is 40.2. The number of aromatic nitrogens is 19. The van der Waals surface area contributed by atoms with E-state index in [0.29, 0.717) is 34.0 Å². The van der Waals surface area contributed by atoms with Crippen LogP contribution in [0.15, 0.2) is 175 Å². The molecule has 2 saturated carbocycles. The molecule has 2 aliphatic rings. The van der Waals surface area contributed by atoms with Crippen LogP contribution in [0.2, 0.25) is 5.15 Å². The van der Waals surface area contributed by atoms with Crippen molar-refractivity contribution in [3.05, 3.63) is 253 Å². The predicted octanol–water partition coefficient (Wildman–Crippen LogP) is 12.2. The molecule has 2 fully saturated rings. The summed E-state index contributed by atoms with van der Waals surface area (Å²) in [6.45, 7) is 11.9. The number of anilines is 1. The van der Waals surface area contributed by atoms with Gasteiger partial charge in [-0.3, -0.25) is 58.8 Å². The van der Waals surface area contributed by atoms with E-state index in [1.165, 1.54) is 10.6 Å². The second-order valence-corrected chi connectivity index (χ2v) is 38.7. The van der Waals surface area contributed by atoms with Gasteiger partial charge in [-0.15, -0.1) is 0 Å². The number of pyridine rings is 10. The van der Waals surface area contributed by atoms with Crippen molar-refractivity contribution < 1.29 is 45.2 Å². The number of carbonyl (C=O) groups is 1. The number of ketones is 1. The third-order valence-electron chi connectivity index (χ3n) is 15.7. The molecule has 0 spiro atoms. The number of Topliss-reactive ketones (excluding diaryl/α,β-unsaturated/α-hetero) is 1. The van der Waals surface area contributed by atoms with E-state index in [-0.39, 0.29) is 57.6 Å². The zero-order valence-corrected chi connectivity index (χ0v) is 67.4. The zero-order valence-electron chi connectivity index (χ0n) is 58.5. The van der Waals surface area contributed by atoms with Gasteiger partial charge in [0, 0.05) is 137 Å². The van der Waals surface area contributed by atoms with Crippen molar-refractivity contribution in [2.45, 2.75) is 77.0 Å². The number of imidazole rings is 1. The molecule has 15 heterocycles. The Labute approximate surface area is 653 Å². The number of hydrogen-bond donors (Lipinski definition) is 3. The molecule has 0 aromatic carbocycles. The second-order valence-electron chi connectivity index (χ2n) is 22.2. The van der Waals surface area contributed by atoms with E-state index in [9.17, 15) is 14.0 Å². The number of carbonyl (C=O) groups excluding carboxylic acids is 1. The first-order chi connectivity index (χ1) is 50.7. The minimum absolute atomic E-state index is 0. The fraction of sp³-hybridized carbons (Fsp3) is 0.221. The molecule has 4 N–H and O–H groups in total. The van der Waals surface area contributed by atoms with E-state index in [4.69, 9.17) is 82.2 Å². The maximum absolute atomic E-state index is 11.9. The van der Waals surface area contributed by atoms with Crippen molar-refractivity contribution in [1.29, 1.82) is 0 Å². The van der Waals surface area contributed by atoms with Gasteiger partial charge in [0.25, 0.3) is 5.56 Å². The number of halogens is 6. The summed E-state index contributed by atoms with van der Waals surface area (Å²) in [5.41, 5.74) is 40.2. The molecular weight excluding hydrogens is 1610 g/mol. The van der Waals surface area contributed by atoms with Crippen LogP contribution in [-0.4, -0.2) is 140 Å². The molecule has 105 heavy (non-hydrogen) atoms. The number of azide groups is 1. The molecular formula is C68H65BrCl4FN26NaO3Sn. The normalized spacial score (nSPS) is 14.4. The van der Waals surface area contributed by atoms with E-state index >= 15 is 0 Å². The number of H-pyrrole nitrogens is 1. The van der Waals surface area contributed by atoms with Crippen LogP contribution in [0.25, 0.3) is 97.9 Å². The van der Waals surface area contributed by atoms with E-state index < -0.39 is 23.5 Å². The first-order valence-corrected chi connectivity index (χ1v) is 45.0. The van der Waals surface area contributed by atoms with E-state index in [1.807, 2.05) is 111 Å². The van der Waals surface area contributed by atoms with Gasteiger partial charge < -0.3 is 31.3 Å². The quantitative estimate of drug-likeness (QED) is 0.0347. The third kappa shape index (κ3) is 21.2. The van der Waals surface area contributed by atoms with Crippen molar-refractivity contribution in [2.75, 3.05) is 20.0 Å². The number of aryl methyl sites for hydroxylation is 5. The predicted molar refractivity (Wildman–Crippen MR) is 409 cm³/mol. The number of fused-ring (bicyclic) bond motifs is 9. The Morgan fingerprint density at radius 2 is 1.10 bits per heavy atom. The number of aromatic amines is 1. The van der Waals surface area contributed by atoms with Crippen LogP contribution in [-0.2, 0) is 4.79 Å². The minimum atomic E-state index is -2.22. The van der Waals surface area contributed by atoms with Gasteiger partial charge in [0.1, 0.15) is 28.2 Å². The standard InChI is InChI=1S/C21H19N7.C13H15BrN4O.C8H5ClN2.C8H5N5.C8H7N3.C8H6N2O.CH3F.CH4O.3ClH.N3.Na.Sn.H/c1-11-10-23-12(2)20-25-19(26-28(11)20)16-9-15(16)18-13(3)27-8-6-17-14(21(27)24-18)5-4-7-22-17;1-6-5-15-8(3)13-16-12(17-18(6)13)10-4-9(10)11(19)7(2)14;9-8-6-2-1-4-10-7(6)3-5-11-8;9-13-12-8-6-2-1-4-10-7(6)3-5-11-8;9-8-6-2-1-4-10-7(6)3-5-11-8;11-8-6-2-1-4-9-7(6)3-5-10-8;2*1-2;;;;1-3-2;;;/h4-8,10,15-16H,9H2,1-3H3;5,7,9-10H,4H2,1-3H3;1-5H;1-5H;1-5H,(H2,9,11);1-5H,(H,10,11);1H3;2H,1H3;3*1H;;;;/q;;;;;;;;;;;-1;+1;+3;/p-3/i;;;;;;1D;;;;;;;;. The van der Waals surface area contributed by atoms with Crippen LogP contribution < -0.4 is 40.9 Å². The summed E-state index contributed by atoms with van der Waals surface area (Å²) in [4.78, 5) is 85.3. The number of nitrogens with one attached hydrogen (secondary N) is 1. The largest absolute Gasteiger partial charge is 1.00 e. The Balaban J connectivity index is 0.000000178. The first-order valence-electron chi connectivity index (χ1n) is 31.9. The smallest absolute Gasteiger partial charge is 0.373 e. The maximum atomic E-state index is 11.9. The summed E-state index contributed by atoms with van der Waals surface area (Å²) >= 11 is 6.92. The number of alkyl halides is 2. The number of aliphatic hydroxyl groups is 1. The SMILES string of the molecule is CO.Cc1ncc(C)n2nc(C3CC3C(=O)C(C)Br)nc12.Cc1ncc(C)n2nc(C3CC3c3nc4c5cccnc5ccn4c3C)nc12.Clc1nccc2ncccc12.Nc1nccc2ncccc12.O=c1[nH]ccc2ncccc12.[2H]CF.[Cl][SnH]([Cl])[Cl].[N-]=[N+]=Nc1nccc2ncccc12.[N-]=[N+]=[N-].[Na+]. The van der Waals surface area contributed by atoms with Gasteiger partial charge in [-0.2, -0.15) is 10.2 Å². The molecule has 532 valence electrons. The number of nitrogens with two attached hydrogens (primary N) is 1. The summed E-state index contributed by atoms with van der Waals surface area (Å²) in [7, 11) is 15.0. The fourth-order valence-electron chi connectivity index (χ4n) is 10.7. The van der Waals surface area contributed by atoms with Gasteiger partial charge in [0.2, 0.25) is 0 Å². The van der Waals surface area contributed by atoms with Crippen LogP contribution in [0.5, 0.6) is 0 Å². The summed E-state index contributed by atoms with van der Waals surface area (Å²) in [6.07, 6.45) is 22.7. The summed E-state index contributed by atoms with van der Waals surface area (Å²) in [5, 5.41) is 24.6. The summed E-state index contributed by atoms with van der Waals surface area (Å²) < 4.78 is 21.4. The van der Waals surface area contributed by atoms with Crippen LogP contribution >= 0.6 is 54.3 Å². The molecule has 0 bridgehead atoms. The van der Waals surface area contributed by atoms with Crippen LogP contribution in [0.4, 0.5) is 16.0 Å². The average molecular weight is 1680 g/mol. The first kappa shape index (κ1) is 81.3. The molecule has 0 aliphatic heterocycles. The molecule has 15 aromatic heterocycles. The minimum Gasteiger partial charge on any atom is -0.373 e. The number of nitrogens with zero attached hydrogens (tertiary/aromatic N) is 24. The third-order valence-corrected chi connectivity index (χ3v) is 16.4. The van der Waals surface area contributed by atoms with E-state index in [1.54, 1.807) is 86.1 Å². The summed E-state index contributed by atoms with van der Waals surface area (Å²) in [6, 6.07) is 27.9. The molecule has 29 nitrogen and oxygen atoms in total. The van der Waals surface area contributed by atoms with E-state index in [2.05, 4.69) is 114 Å². The number of nitrogen functional groups attached to an aromatic ring is 1. The van der Waals surface area contributed by atoms with Crippen molar-refractivity contribution in [3.63, 3.8) is 0 Å². The Kier molecular flexibility index (Phi) is 31.2. The Morgan fingerprint density at radius 1 is 0.648 bits per heavy atom. The Bertz CT molecular complexity index is 5460. The molecule has 5 atom stereocenters. The molecule has 5 unspecified atom stereocenters. The van der Waals surface area contributed by atoms with Crippen LogP contribution in [0.1, 0.15) is 84.7 Å². The number of rotatable bonds is 6. The van der Waals surface area contributed by atoms with Gasteiger partial charge in [-0.25, -0.2) is 34.0 Å². The topological polar surface area (TPSA) is 410 Å². The van der Waals surface area contributed by atoms with Crippen LogP contribution in [0, 0.1) is 40.5 Å². The van der Waals surface area contributed by atoms with Gasteiger partial charge in [-0.1, -0.05) is 27.5 Å². The Morgan fingerprint density at radius 3 is 1.61 bits per heavy atom. The van der Waals surface area contributed by atoms with Crippen molar-refractivity contribution >= 4 is 160 Å². The molecule has 0 saturated heterocycles. The molecule has 17 rings (SSSR count). The van der Waals surface area contributed by atoms with Gasteiger partial charge in [0.05, 0.1) is 74.8 Å². The maximum Gasteiger partial charge on any atom is 1.00 e. The monoisotopic (exact) mass is 1680 g/mol. The van der Waals surface area contributed by atoms with Gasteiger partial charge in [-0.05, 0) is 156 Å². The molecule has 0 amide bonds. The van der Waals surface area contributed by atoms with Gasteiger partial charge in [0.15, 0.2) is 22.9 Å². The van der Waals surface area contributed by atoms with Crippen molar-refractivity contribution in [2.24, 2.45) is 11.0 Å². The zero-order chi connectivity index (χ0) is 75.9. The van der Waals surface area contributed by atoms with Crippen molar-refractivity contribution in [1.82, 2.24) is 93.4 Å². The van der Waals surface area contributed by atoms with Crippen LogP contribution in [0.3, 0.4) is 0 Å². The fourth-order valence-corrected chi connectivity index (χ4v) is 11.2. The van der Waals surface area contributed by atoms with Gasteiger partial charge >= 0.3 is 72.7 Å². The Hall–Kier alpha value is -9.34. The van der Waals surface area contributed by atoms with Crippen molar-refractivity contribution in [3.8, 4) is 0 Å².